The van der Waals surface area contributed by atoms with E-state index in [9.17, 15) is 19.0 Å². The Kier molecular flexibility index (Phi) is 36.7. The summed E-state index contributed by atoms with van der Waals surface area (Å²) in [5.41, 5.74) is 0. The molecule has 2 atom stereocenters. The Bertz CT molecular complexity index is 1140. The van der Waals surface area contributed by atoms with Crippen molar-refractivity contribution in [1.29, 1.82) is 0 Å². The van der Waals surface area contributed by atoms with Gasteiger partial charge in [0.05, 0.1) is 27.7 Å². The van der Waals surface area contributed by atoms with Gasteiger partial charge in [-0.05, 0) is 83.5 Å². The lowest BCUT2D eigenvalue weighted by Gasteiger charge is -2.28. The Morgan fingerprint density at radius 3 is 1.50 bits per heavy atom. The average molecular weight is 808 g/mol. The number of quaternary nitrogens is 1. The lowest BCUT2D eigenvalue weighted by atomic mass is 10.1. The lowest BCUT2D eigenvalue weighted by Crippen LogP contribution is -2.37. The molecule has 10 heteroatoms. The number of hydrogen-bond acceptors (Lipinski definition) is 8. The van der Waals surface area contributed by atoms with Crippen LogP contribution in [0.1, 0.15) is 168 Å². The normalized spacial score (nSPS) is 14.2. The van der Waals surface area contributed by atoms with Crippen molar-refractivity contribution < 1.29 is 42.1 Å². The van der Waals surface area contributed by atoms with E-state index in [-0.39, 0.29) is 26.1 Å². The Morgan fingerprint density at radius 2 is 0.964 bits per heavy atom. The fraction of sp³-hybridized carbons (Fsp3) is 0.739. The zero-order valence-corrected chi connectivity index (χ0v) is 37.2. The number of carbonyl (C=O) groups excluding carboxylic acids is 2. The van der Waals surface area contributed by atoms with Crippen LogP contribution in [0, 0.1) is 0 Å². The highest BCUT2D eigenvalue weighted by molar-refractivity contribution is 7.45. The van der Waals surface area contributed by atoms with Crippen LogP contribution < -0.4 is 4.89 Å². The first-order valence-electron chi connectivity index (χ1n) is 22.0. The largest absolute Gasteiger partial charge is 0.756 e. The van der Waals surface area contributed by atoms with E-state index >= 15 is 0 Å². The van der Waals surface area contributed by atoms with Crippen LogP contribution in [0.3, 0.4) is 0 Å². The van der Waals surface area contributed by atoms with Crippen LogP contribution in [-0.4, -0.2) is 70.0 Å². The Balaban J connectivity index is 4.43. The predicted molar refractivity (Wildman–Crippen MR) is 231 cm³/mol. The molecule has 1 unspecified atom stereocenters. The third kappa shape index (κ3) is 41.3. The van der Waals surface area contributed by atoms with Crippen molar-refractivity contribution in [3.8, 4) is 0 Å². The number of unbranched alkanes of at least 4 members (excludes halogenated alkanes) is 15. The molecule has 0 aromatic carbocycles. The summed E-state index contributed by atoms with van der Waals surface area (Å²) in [7, 11) is 1.13. The van der Waals surface area contributed by atoms with E-state index in [0.29, 0.717) is 23.9 Å². The third-order valence-corrected chi connectivity index (χ3v) is 9.97. The molecule has 0 amide bonds. The molecule has 0 saturated carbocycles. The topological polar surface area (TPSA) is 111 Å². The average Bonchev–Trinajstić information content (AvgIpc) is 3.15. The predicted octanol–water partition coefficient (Wildman–Crippen LogP) is 11.8. The van der Waals surface area contributed by atoms with Crippen LogP contribution >= 0.6 is 7.82 Å². The zero-order chi connectivity index (χ0) is 41.4. The summed E-state index contributed by atoms with van der Waals surface area (Å²) in [5, 5.41) is 0. The molecule has 0 bridgehead atoms. The van der Waals surface area contributed by atoms with Gasteiger partial charge in [0.1, 0.15) is 19.8 Å². The molecular weight excluding hydrogens is 725 g/mol. The maximum atomic E-state index is 12.6. The van der Waals surface area contributed by atoms with Gasteiger partial charge in [-0.3, -0.25) is 14.2 Å². The molecule has 0 aliphatic rings. The summed E-state index contributed by atoms with van der Waals surface area (Å²) in [4.78, 5) is 37.5. The molecule has 0 saturated heterocycles. The number of ether oxygens (including phenoxy) is 2. The maximum absolute atomic E-state index is 12.6. The summed E-state index contributed by atoms with van der Waals surface area (Å²) in [6.45, 7) is 4.12. The van der Waals surface area contributed by atoms with Gasteiger partial charge in [-0.15, -0.1) is 0 Å². The standard InChI is InChI=1S/C46H82NO8P/c1-6-8-10-12-14-16-18-20-21-22-23-24-25-27-28-30-32-34-36-38-45(48)52-42-44(43-54-56(50,51)53-41-40-47(3,4)5)55-46(49)39-37-35-33-31-29-26-19-17-15-13-11-9-7-2/h14,16-17,19-21,23-24,27-28,44H,6-13,15,18,22,25-26,29-43H2,1-5H3/b16-14-,19-17-,21-20-,24-23-,28-27-/t44-/m1/s1. The van der Waals surface area contributed by atoms with E-state index < -0.39 is 32.5 Å². The number of phosphoric acid groups is 1. The molecule has 0 N–H and O–H groups in total. The van der Waals surface area contributed by atoms with Crippen molar-refractivity contribution in [2.45, 2.75) is 174 Å². The first-order valence-corrected chi connectivity index (χ1v) is 23.5. The molecule has 0 aromatic heterocycles. The summed E-state index contributed by atoms with van der Waals surface area (Å²) < 4.78 is 33.8. The molecule has 0 spiro atoms. The molecule has 0 radical (unpaired) electrons. The molecule has 9 nitrogen and oxygen atoms in total. The summed E-state index contributed by atoms with van der Waals surface area (Å²) >= 11 is 0. The molecule has 56 heavy (non-hydrogen) atoms. The van der Waals surface area contributed by atoms with E-state index in [4.69, 9.17) is 18.5 Å². The number of nitrogens with zero attached hydrogens (tertiary/aromatic N) is 1. The number of phosphoric ester groups is 1. The van der Waals surface area contributed by atoms with Gasteiger partial charge in [-0.25, -0.2) is 0 Å². The summed E-state index contributed by atoms with van der Waals surface area (Å²) in [5.74, 6) is -0.885. The van der Waals surface area contributed by atoms with Crippen LogP contribution in [0.5, 0.6) is 0 Å². The monoisotopic (exact) mass is 808 g/mol. The number of esters is 2. The van der Waals surface area contributed by atoms with Crippen LogP contribution in [0.4, 0.5) is 0 Å². The van der Waals surface area contributed by atoms with Crippen LogP contribution in [0.2, 0.25) is 0 Å². The first kappa shape index (κ1) is 53.7. The van der Waals surface area contributed by atoms with Gasteiger partial charge in [0.2, 0.25) is 0 Å². The van der Waals surface area contributed by atoms with Crippen molar-refractivity contribution in [2.24, 2.45) is 0 Å². The number of hydrogen-bond donors (Lipinski definition) is 0. The molecule has 324 valence electrons. The highest BCUT2D eigenvalue weighted by atomic mass is 31.2. The van der Waals surface area contributed by atoms with Crippen LogP contribution in [0.25, 0.3) is 0 Å². The molecule has 0 fully saturated rings. The van der Waals surface area contributed by atoms with E-state index in [0.717, 1.165) is 77.0 Å². The molecule has 0 heterocycles. The summed E-state index contributed by atoms with van der Waals surface area (Å²) in [6, 6.07) is 0. The van der Waals surface area contributed by atoms with Gasteiger partial charge < -0.3 is 27.9 Å². The van der Waals surface area contributed by atoms with Gasteiger partial charge in [-0.2, -0.15) is 0 Å². The lowest BCUT2D eigenvalue weighted by molar-refractivity contribution is -0.870. The number of rotatable bonds is 39. The van der Waals surface area contributed by atoms with Crippen molar-refractivity contribution in [3.63, 3.8) is 0 Å². The molecule has 0 aromatic rings. The number of likely N-dealkylation sites (N-methyl/N-ethyl adjacent to an activating group) is 1. The van der Waals surface area contributed by atoms with Gasteiger partial charge in [0.25, 0.3) is 7.82 Å². The quantitative estimate of drug-likeness (QED) is 0.0198. The smallest absolute Gasteiger partial charge is 0.306 e. The maximum Gasteiger partial charge on any atom is 0.306 e. The van der Waals surface area contributed by atoms with Gasteiger partial charge in [0, 0.05) is 12.8 Å². The minimum atomic E-state index is -4.63. The zero-order valence-electron chi connectivity index (χ0n) is 36.3. The van der Waals surface area contributed by atoms with E-state index in [1.807, 2.05) is 21.1 Å². The van der Waals surface area contributed by atoms with E-state index in [2.05, 4.69) is 74.6 Å². The molecule has 0 aliphatic carbocycles. The van der Waals surface area contributed by atoms with Crippen molar-refractivity contribution in [3.05, 3.63) is 60.8 Å². The fourth-order valence-corrected chi connectivity index (χ4v) is 6.24. The second-order valence-corrected chi connectivity index (χ2v) is 17.1. The number of carbonyl (C=O) groups is 2. The van der Waals surface area contributed by atoms with Gasteiger partial charge in [-0.1, -0.05) is 132 Å². The van der Waals surface area contributed by atoms with Crippen molar-refractivity contribution >= 4 is 19.8 Å². The molecular formula is C46H82NO8P. The molecule has 0 rings (SSSR count). The van der Waals surface area contributed by atoms with Crippen LogP contribution in [-0.2, 0) is 32.7 Å². The summed E-state index contributed by atoms with van der Waals surface area (Å²) in [6.07, 6.45) is 45.3. The Morgan fingerprint density at radius 1 is 0.554 bits per heavy atom. The van der Waals surface area contributed by atoms with Gasteiger partial charge >= 0.3 is 11.9 Å². The second kappa shape index (κ2) is 38.2. The van der Waals surface area contributed by atoms with Gasteiger partial charge in [0.15, 0.2) is 6.10 Å². The van der Waals surface area contributed by atoms with E-state index in [1.54, 1.807) is 0 Å². The first-order chi connectivity index (χ1) is 27.0. The fourth-order valence-electron chi connectivity index (χ4n) is 5.51. The number of allylic oxidation sites excluding steroid dienone is 10. The molecule has 0 aliphatic heterocycles. The van der Waals surface area contributed by atoms with Crippen molar-refractivity contribution in [1.82, 2.24) is 0 Å². The minimum Gasteiger partial charge on any atom is -0.756 e. The van der Waals surface area contributed by atoms with E-state index in [1.165, 1.54) is 51.4 Å². The Hall–Kier alpha value is -2.29. The SMILES string of the molecule is CCCCC/C=C\C/C=C\C/C=C\C/C=C\CCCCCC(=O)OC[C@H](COP(=O)([O-])OCC[N+](C)(C)C)OC(=O)CCCCCCC/C=C\CCCCCC. The Labute approximate surface area is 343 Å². The highest BCUT2D eigenvalue weighted by Gasteiger charge is 2.21. The second-order valence-electron chi connectivity index (χ2n) is 15.7. The van der Waals surface area contributed by atoms with Crippen molar-refractivity contribution in [2.75, 3.05) is 47.5 Å². The minimum absolute atomic E-state index is 0.0402. The van der Waals surface area contributed by atoms with Crippen LogP contribution in [0.15, 0.2) is 60.8 Å². The highest BCUT2D eigenvalue weighted by Crippen LogP contribution is 2.38. The third-order valence-electron chi connectivity index (χ3n) is 9.01.